The molecule has 1 heterocycles. The zero-order valence-electron chi connectivity index (χ0n) is 10.0. The second-order valence-electron chi connectivity index (χ2n) is 3.69. The van der Waals surface area contributed by atoms with E-state index in [-0.39, 0.29) is 20.9 Å². The summed E-state index contributed by atoms with van der Waals surface area (Å²) in [5, 5.41) is 4.50. The van der Waals surface area contributed by atoms with Crippen LogP contribution in [-0.4, -0.2) is 12.5 Å². The summed E-state index contributed by atoms with van der Waals surface area (Å²) in [5.74, 6) is -0.638. The molecule has 112 valence electrons. The van der Waals surface area contributed by atoms with Gasteiger partial charge in [-0.3, -0.25) is 4.79 Å². The van der Waals surface area contributed by atoms with E-state index < -0.39 is 12.5 Å². The Morgan fingerprint density at radius 3 is 2.62 bits per heavy atom. The predicted molar refractivity (Wildman–Crippen MR) is 85.8 cm³/mol. The summed E-state index contributed by atoms with van der Waals surface area (Å²) < 4.78 is 30.2. The van der Waals surface area contributed by atoms with Gasteiger partial charge in [-0.2, -0.15) is 8.78 Å². The van der Waals surface area contributed by atoms with Crippen molar-refractivity contribution in [3.63, 3.8) is 0 Å². The molecule has 1 aromatic heterocycles. The van der Waals surface area contributed by atoms with Crippen molar-refractivity contribution in [3.05, 3.63) is 42.4 Å². The van der Waals surface area contributed by atoms with Gasteiger partial charge in [0.05, 0.1) is 10.2 Å². The van der Waals surface area contributed by atoms with Gasteiger partial charge in [-0.1, -0.05) is 11.6 Å². The number of nitrogens with one attached hydrogen (secondary N) is 1. The molecule has 3 nitrogen and oxygen atoms in total. The Hall–Kier alpha value is -0.700. The van der Waals surface area contributed by atoms with Crippen molar-refractivity contribution in [1.29, 1.82) is 0 Å². The average Bonchev–Trinajstić information content (AvgIpc) is 2.79. The molecular weight excluding hydrogens is 455 g/mol. The molecule has 21 heavy (non-hydrogen) atoms. The molecule has 0 radical (unpaired) electrons. The molecule has 0 bridgehead atoms. The Balaban J connectivity index is 2.34. The minimum Gasteiger partial charge on any atom is -0.431 e. The minimum atomic E-state index is -3.02. The third kappa shape index (κ3) is 4.15. The van der Waals surface area contributed by atoms with Crippen molar-refractivity contribution in [3.8, 4) is 5.75 Å². The number of ether oxygens (including phenoxy) is 1. The highest BCUT2D eigenvalue weighted by Gasteiger charge is 2.19. The molecule has 9 heteroatoms. The molecule has 0 fully saturated rings. The quantitative estimate of drug-likeness (QED) is 0.627. The van der Waals surface area contributed by atoms with Crippen LogP contribution in [0.1, 0.15) is 9.67 Å². The number of hydrogen-bond donors (Lipinski definition) is 1. The lowest BCUT2D eigenvalue weighted by atomic mass is 10.3. The molecule has 0 saturated heterocycles. The van der Waals surface area contributed by atoms with Gasteiger partial charge < -0.3 is 10.1 Å². The Bertz CT molecular complexity index is 681. The fourth-order valence-electron chi connectivity index (χ4n) is 1.50. The Labute approximate surface area is 144 Å². The number of anilines is 1. The number of rotatable bonds is 4. The summed E-state index contributed by atoms with van der Waals surface area (Å²) in [6.45, 7) is -3.02. The first-order valence-electron chi connectivity index (χ1n) is 5.36. The number of alkyl halides is 2. The van der Waals surface area contributed by atoms with Gasteiger partial charge in [-0.05, 0) is 55.4 Å². The van der Waals surface area contributed by atoms with E-state index in [1.807, 2.05) is 0 Å². The number of hydrogen-bond acceptors (Lipinski definition) is 3. The van der Waals surface area contributed by atoms with Crippen LogP contribution in [0.15, 0.2) is 32.5 Å². The second-order valence-corrected chi connectivity index (χ2v) is 6.76. The third-order valence-corrected chi connectivity index (χ3v) is 4.93. The number of amides is 1. The predicted octanol–water partition coefficient (Wildman–Crippen LogP) is 5.78. The lowest BCUT2D eigenvalue weighted by Gasteiger charge is -2.14. The topological polar surface area (TPSA) is 38.3 Å². The van der Waals surface area contributed by atoms with Gasteiger partial charge in [0.2, 0.25) is 0 Å². The maximum atomic E-state index is 12.5. The largest absolute Gasteiger partial charge is 0.431 e. The van der Waals surface area contributed by atoms with Crippen molar-refractivity contribution < 1.29 is 18.3 Å². The van der Waals surface area contributed by atoms with E-state index in [0.717, 1.165) is 0 Å². The maximum Gasteiger partial charge on any atom is 0.387 e. The molecule has 2 aromatic rings. The minimum absolute atomic E-state index is 0.0555. The van der Waals surface area contributed by atoms with Gasteiger partial charge in [0.25, 0.3) is 5.91 Å². The summed E-state index contributed by atoms with van der Waals surface area (Å²) in [5.41, 5.74) is 0.0555. The van der Waals surface area contributed by atoms with Gasteiger partial charge in [0.15, 0.2) is 5.75 Å². The number of thiophene rings is 1. The molecular formula is C12H6Br2ClF2NO2S. The second kappa shape index (κ2) is 7.04. The molecule has 2 rings (SSSR count). The van der Waals surface area contributed by atoms with Crippen molar-refractivity contribution in [2.24, 2.45) is 0 Å². The van der Waals surface area contributed by atoms with Crippen molar-refractivity contribution in [1.82, 2.24) is 0 Å². The van der Waals surface area contributed by atoms with Crippen LogP contribution in [0.4, 0.5) is 14.5 Å². The summed E-state index contributed by atoms with van der Waals surface area (Å²) in [6, 6.07) is 4.45. The van der Waals surface area contributed by atoms with Crippen LogP contribution in [0.3, 0.4) is 0 Å². The highest BCUT2D eigenvalue weighted by Crippen LogP contribution is 2.38. The van der Waals surface area contributed by atoms with Gasteiger partial charge in [0, 0.05) is 9.50 Å². The molecule has 1 aromatic carbocycles. The van der Waals surface area contributed by atoms with Gasteiger partial charge >= 0.3 is 6.61 Å². The molecule has 0 unspecified atom stereocenters. The highest BCUT2D eigenvalue weighted by atomic mass is 79.9. The maximum absolute atomic E-state index is 12.5. The zero-order valence-corrected chi connectivity index (χ0v) is 14.7. The number of carbonyl (C=O) groups excluding carboxylic acids is 1. The molecule has 0 atom stereocenters. The van der Waals surface area contributed by atoms with Crippen LogP contribution >= 0.6 is 54.8 Å². The van der Waals surface area contributed by atoms with Crippen LogP contribution in [0.2, 0.25) is 5.02 Å². The summed E-state index contributed by atoms with van der Waals surface area (Å²) >= 11 is 13.4. The van der Waals surface area contributed by atoms with Gasteiger partial charge in [0.1, 0.15) is 4.88 Å². The van der Waals surface area contributed by atoms with Crippen LogP contribution in [0, 0.1) is 0 Å². The zero-order chi connectivity index (χ0) is 15.6. The van der Waals surface area contributed by atoms with E-state index in [0.29, 0.717) is 9.35 Å². The van der Waals surface area contributed by atoms with Gasteiger partial charge in [-0.15, -0.1) is 11.3 Å². The molecule has 1 amide bonds. The lowest BCUT2D eigenvalue weighted by Crippen LogP contribution is -2.13. The van der Waals surface area contributed by atoms with E-state index in [1.165, 1.54) is 23.5 Å². The normalized spacial score (nSPS) is 10.8. The Morgan fingerprint density at radius 2 is 2.05 bits per heavy atom. The molecule has 0 aliphatic rings. The van der Waals surface area contributed by atoms with E-state index in [1.54, 1.807) is 11.4 Å². The Morgan fingerprint density at radius 1 is 1.33 bits per heavy atom. The fourth-order valence-corrected chi connectivity index (χ4v) is 3.85. The standard InChI is InChI=1S/C12H6Br2ClF2NO2S/c13-6-1-2-21-10(6)11(19)18-8-4-5(15)3-7(14)9(8)20-12(16)17/h1-4,12H,(H,18,19). The molecule has 0 aliphatic heterocycles. The SMILES string of the molecule is O=C(Nc1cc(Cl)cc(Br)c1OC(F)F)c1sccc1Br. The number of carbonyl (C=O) groups is 1. The summed E-state index contributed by atoms with van der Waals surface area (Å²) in [4.78, 5) is 12.5. The fraction of sp³-hybridized carbons (Fsp3) is 0.0833. The first-order chi connectivity index (χ1) is 9.88. The molecule has 1 N–H and O–H groups in total. The Kier molecular flexibility index (Phi) is 5.59. The highest BCUT2D eigenvalue weighted by molar-refractivity contribution is 9.11. The first-order valence-corrected chi connectivity index (χ1v) is 8.21. The van der Waals surface area contributed by atoms with E-state index in [2.05, 4.69) is 41.9 Å². The van der Waals surface area contributed by atoms with Crippen LogP contribution in [0.25, 0.3) is 0 Å². The summed E-state index contributed by atoms with van der Waals surface area (Å²) in [7, 11) is 0. The monoisotopic (exact) mass is 459 g/mol. The van der Waals surface area contributed by atoms with E-state index in [4.69, 9.17) is 11.6 Å². The number of halogens is 5. The van der Waals surface area contributed by atoms with Crippen molar-refractivity contribution >= 4 is 66.4 Å². The van der Waals surface area contributed by atoms with Crippen LogP contribution in [-0.2, 0) is 0 Å². The van der Waals surface area contributed by atoms with E-state index >= 15 is 0 Å². The van der Waals surface area contributed by atoms with Crippen molar-refractivity contribution in [2.75, 3.05) is 5.32 Å². The molecule has 0 saturated carbocycles. The first kappa shape index (κ1) is 16.7. The van der Waals surface area contributed by atoms with E-state index in [9.17, 15) is 13.6 Å². The average molecular weight is 462 g/mol. The van der Waals surface area contributed by atoms with Crippen LogP contribution in [0.5, 0.6) is 5.75 Å². The van der Waals surface area contributed by atoms with Crippen LogP contribution < -0.4 is 10.1 Å². The third-order valence-electron chi connectivity index (χ3n) is 2.29. The van der Waals surface area contributed by atoms with Crippen molar-refractivity contribution in [2.45, 2.75) is 6.61 Å². The molecule has 0 aliphatic carbocycles. The smallest absolute Gasteiger partial charge is 0.387 e. The lowest BCUT2D eigenvalue weighted by molar-refractivity contribution is -0.0498. The summed E-state index contributed by atoms with van der Waals surface area (Å²) in [6.07, 6.45) is 0. The van der Waals surface area contributed by atoms with Gasteiger partial charge in [-0.25, -0.2) is 0 Å². The number of benzene rings is 1. The molecule has 0 spiro atoms.